The van der Waals surface area contributed by atoms with Crippen LogP contribution in [0.15, 0.2) is 11.6 Å². The molecule has 0 heterocycles. The fourth-order valence-corrected chi connectivity index (χ4v) is 1.21. The van der Waals surface area contributed by atoms with E-state index in [-0.39, 0.29) is 0 Å². The highest BCUT2D eigenvalue weighted by atomic mass is 16.5. The summed E-state index contributed by atoms with van der Waals surface area (Å²) in [6.45, 7) is 6.65. The summed E-state index contributed by atoms with van der Waals surface area (Å²) in [6, 6.07) is 0. The summed E-state index contributed by atoms with van der Waals surface area (Å²) in [6.07, 6.45) is 5.32. The third-order valence-corrected chi connectivity index (χ3v) is 2.41. The van der Waals surface area contributed by atoms with Gasteiger partial charge in [0.15, 0.2) is 0 Å². The Morgan fingerprint density at radius 1 is 0.944 bits per heavy atom. The lowest BCUT2D eigenvalue weighted by Crippen LogP contribution is -2.11. The monoisotopic (exact) mass is 256 g/mol. The van der Waals surface area contributed by atoms with Crippen molar-refractivity contribution in [3.8, 4) is 0 Å². The molecule has 0 aliphatic heterocycles. The van der Waals surface area contributed by atoms with E-state index in [0.29, 0.717) is 25.2 Å². The van der Waals surface area contributed by atoms with Crippen molar-refractivity contribution in [1.29, 1.82) is 0 Å². The molecule has 0 amide bonds. The molecule has 0 aliphatic carbocycles. The van der Waals surface area contributed by atoms with Gasteiger partial charge in [-0.3, -0.25) is 0 Å². The lowest BCUT2D eigenvalue weighted by molar-refractivity contribution is -0.141. The molecule has 0 fully saturated rings. The van der Waals surface area contributed by atoms with Gasteiger partial charge in [-0.25, -0.2) is 9.59 Å². The summed E-state index contributed by atoms with van der Waals surface area (Å²) >= 11 is 0. The lowest BCUT2D eigenvalue weighted by atomic mass is 10.2. The first-order valence-corrected chi connectivity index (χ1v) is 6.70. The predicted octanol–water partition coefficient (Wildman–Crippen LogP) is 3.01. The van der Waals surface area contributed by atoms with Gasteiger partial charge in [0.05, 0.1) is 13.2 Å². The third kappa shape index (κ3) is 7.87. The zero-order chi connectivity index (χ0) is 13.8. The number of hydrogen-bond acceptors (Lipinski definition) is 4. The molecular weight excluding hydrogens is 232 g/mol. The topological polar surface area (TPSA) is 52.6 Å². The fourth-order valence-electron chi connectivity index (χ4n) is 1.21. The minimum atomic E-state index is -0.465. The molecule has 0 N–H and O–H groups in total. The van der Waals surface area contributed by atoms with Crippen LogP contribution in [0.4, 0.5) is 0 Å². The molecule has 0 bridgehead atoms. The maximum absolute atomic E-state index is 11.6. The molecular formula is C14H24O4. The highest BCUT2D eigenvalue weighted by Crippen LogP contribution is 2.05. The molecule has 0 rings (SSSR count). The Balaban J connectivity index is 4.19. The molecule has 0 atom stereocenters. The van der Waals surface area contributed by atoms with Crippen molar-refractivity contribution < 1.29 is 19.1 Å². The Morgan fingerprint density at radius 3 is 2.00 bits per heavy atom. The van der Waals surface area contributed by atoms with Gasteiger partial charge in [0.1, 0.15) is 0 Å². The van der Waals surface area contributed by atoms with E-state index in [9.17, 15) is 9.59 Å². The van der Waals surface area contributed by atoms with Gasteiger partial charge in [0.2, 0.25) is 0 Å². The second-order valence-electron chi connectivity index (χ2n) is 4.03. The van der Waals surface area contributed by atoms with Crippen molar-refractivity contribution in [3.05, 3.63) is 11.6 Å². The molecule has 0 aliphatic rings. The highest BCUT2D eigenvalue weighted by Gasteiger charge is 2.11. The summed E-state index contributed by atoms with van der Waals surface area (Å²) in [5.74, 6) is -0.883. The molecule has 18 heavy (non-hydrogen) atoms. The van der Waals surface area contributed by atoms with Gasteiger partial charge in [-0.1, -0.05) is 33.6 Å². The summed E-state index contributed by atoms with van der Waals surface area (Å²) in [4.78, 5) is 23.0. The van der Waals surface area contributed by atoms with E-state index in [4.69, 9.17) is 9.47 Å². The number of rotatable bonds is 9. The first kappa shape index (κ1) is 16.7. The third-order valence-electron chi connectivity index (χ3n) is 2.41. The largest absolute Gasteiger partial charge is 0.463 e. The van der Waals surface area contributed by atoms with Crippen LogP contribution in [0, 0.1) is 0 Å². The number of ether oxygens (including phenoxy) is 2. The van der Waals surface area contributed by atoms with Crippen molar-refractivity contribution in [2.45, 2.75) is 52.9 Å². The van der Waals surface area contributed by atoms with Crippen molar-refractivity contribution >= 4 is 11.9 Å². The van der Waals surface area contributed by atoms with Gasteiger partial charge in [0, 0.05) is 11.6 Å². The predicted molar refractivity (Wildman–Crippen MR) is 70.1 cm³/mol. The van der Waals surface area contributed by atoms with Gasteiger partial charge in [0.25, 0.3) is 0 Å². The Morgan fingerprint density at radius 2 is 1.50 bits per heavy atom. The van der Waals surface area contributed by atoms with E-state index in [0.717, 1.165) is 25.7 Å². The summed E-state index contributed by atoms with van der Waals surface area (Å²) in [5, 5.41) is 0. The zero-order valence-electron chi connectivity index (χ0n) is 11.7. The molecule has 0 aromatic heterocycles. The fraction of sp³-hybridized carbons (Fsp3) is 0.714. The molecule has 0 radical (unpaired) electrons. The molecule has 4 nitrogen and oxygen atoms in total. The van der Waals surface area contributed by atoms with Crippen molar-refractivity contribution in [2.75, 3.05) is 13.2 Å². The first-order valence-electron chi connectivity index (χ1n) is 6.70. The Hall–Kier alpha value is -1.32. The maximum atomic E-state index is 11.6. The standard InChI is InChI=1S/C14H24O4/c1-4-7-9-17-13(15)11-12(6-3)14(16)18-10-8-5-2/h11H,4-10H2,1-3H3/b12-11-. The maximum Gasteiger partial charge on any atom is 0.334 e. The van der Waals surface area contributed by atoms with E-state index in [1.807, 2.05) is 20.8 Å². The van der Waals surface area contributed by atoms with Gasteiger partial charge in [-0.2, -0.15) is 0 Å². The number of carbonyl (C=O) groups is 2. The lowest BCUT2D eigenvalue weighted by Gasteiger charge is -2.06. The average molecular weight is 256 g/mol. The Kier molecular flexibility index (Phi) is 10.0. The molecule has 104 valence electrons. The van der Waals surface area contributed by atoms with Gasteiger partial charge >= 0.3 is 11.9 Å². The number of carbonyl (C=O) groups excluding carboxylic acids is 2. The highest BCUT2D eigenvalue weighted by molar-refractivity contribution is 5.96. The van der Waals surface area contributed by atoms with Crippen LogP contribution in [0.3, 0.4) is 0 Å². The van der Waals surface area contributed by atoms with E-state index < -0.39 is 11.9 Å². The second kappa shape index (κ2) is 10.8. The van der Waals surface area contributed by atoms with E-state index >= 15 is 0 Å². The summed E-state index contributed by atoms with van der Waals surface area (Å²) in [7, 11) is 0. The van der Waals surface area contributed by atoms with Crippen LogP contribution in [0.5, 0.6) is 0 Å². The van der Waals surface area contributed by atoms with E-state index in [1.165, 1.54) is 6.08 Å². The van der Waals surface area contributed by atoms with Crippen LogP contribution in [0.1, 0.15) is 52.9 Å². The van der Waals surface area contributed by atoms with Crippen LogP contribution in [-0.4, -0.2) is 25.2 Å². The minimum absolute atomic E-state index is 0.368. The number of unbranched alkanes of at least 4 members (excludes halogenated alkanes) is 2. The molecule has 0 aromatic carbocycles. The van der Waals surface area contributed by atoms with E-state index in [2.05, 4.69) is 0 Å². The molecule has 0 saturated carbocycles. The van der Waals surface area contributed by atoms with Crippen LogP contribution in [0.2, 0.25) is 0 Å². The number of esters is 2. The normalized spacial score (nSPS) is 11.2. The second-order valence-corrected chi connectivity index (χ2v) is 4.03. The van der Waals surface area contributed by atoms with Gasteiger partial charge in [-0.15, -0.1) is 0 Å². The van der Waals surface area contributed by atoms with Crippen LogP contribution in [0.25, 0.3) is 0 Å². The van der Waals surface area contributed by atoms with Crippen LogP contribution >= 0.6 is 0 Å². The van der Waals surface area contributed by atoms with Crippen molar-refractivity contribution in [2.24, 2.45) is 0 Å². The smallest absolute Gasteiger partial charge is 0.334 e. The van der Waals surface area contributed by atoms with Gasteiger partial charge < -0.3 is 9.47 Å². The Bertz CT molecular complexity index is 282. The van der Waals surface area contributed by atoms with Crippen molar-refractivity contribution in [1.82, 2.24) is 0 Å². The van der Waals surface area contributed by atoms with Gasteiger partial charge in [-0.05, 0) is 19.3 Å². The van der Waals surface area contributed by atoms with E-state index in [1.54, 1.807) is 0 Å². The SMILES string of the molecule is CCCCOC(=O)/C=C(/CC)C(=O)OCCCC. The van der Waals surface area contributed by atoms with Crippen LogP contribution in [-0.2, 0) is 19.1 Å². The summed E-state index contributed by atoms with van der Waals surface area (Å²) < 4.78 is 10.0. The van der Waals surface area contributed by atoms with Crippen molar-refractivity contribution in [3.63, 3.8) is 0 Å². The minimum Gasteiger partial charge on any atom is -0.463 e. The quantitative estimate of drug-likeness (QED) is 0.361. The number of hydrogen-bond donors (Lipinski definition) is 0. The average Bonchev–Trinajstić information content (AvgIpc) is 2.36. The molecule has 0 saturated heterocycles. The zero-order valence-corrected chi connectivity index (χ0v) is 11.7. The summed E-state index contributed by atoms with van der Waals surface area (Å²) in [5.41, 5.74) is 0.368. The molecule has 0 unspecified atom stereocenters. The molecule has 0 aromatic rings. The Labute approximate surface area is 109 Å². The molecule has 4 heteroatoms. The van der Waals surface area contributed by atoms with Crippen LogP contribution < -0.4 is 0 Å². The first-order chi connectivity index (χ1) is 8.65. The molecule has 0 spiro atoms.